The number of carbonyl (C=O) groups excluding carboxylic acids is 1. The van der Waals surface area contributed by atoms with Crippen molar-refractivity contribution in [2.75, 3.05) is 13.1 Å². The lowest BCUT2D eigenvalue weighted by atomic mass is 10.1. The molecule has 2 aromatic rings. The van der Waals surface area contributed by atoms with Gasteiger partial charge in [-0.2, -0.15) is 0 Å². The van der Waals surface area contributed by atoms with E-state index >= 15 is 0 Å². The molecular weight excluding hydrogens is 306 g/mol. The first-order valence-electron chi connectivity index (χ1n) is 8.20. The summed E-state index contributed by atoms with van der Waals surface area (Å²) in [5.41, 5.74) is 1.20. The maximum absolute atomic E-state index is 12.6. The molecule has 0 radical (unpaired) electrons. The third kappa shape index (κ3) is 4.18. The molecule has 1 aromatic heterocycles. The maximum Gasteiger partial charge on any atom is 0.224 e. The van der Waals surface area contributed by atoms with Gasteiger partial charge in [0.05, 0.1) is 6.54 Å². The van der Waals surface area contributed by atoms with Crippen molar-refractivity contribution in [3.05, 3.63) is 52.5 Å². The number of aromatic nitrogens is 1. The van der Waals surface area contributed by atoms with Crippen LogP contribution in [0.5, 0.6) is 0 Å². The predicted octanol–water partition coefficient (Wildman–Crippen LogP) is 3.16. The Balaban J connectivity index is 1.71. The average molecular weight is 329 g/mol. The summed E-state index contributed by atoms with van der Waals surface area (Å²) < 4.78 is 0. The van der Waals surface area contributed by atoms with Crippen molar-refractivity contribution >= 4 is 17.2 Å². The van der Waals surface area contributed by atoms with Gasteiger partial charge in [-0.3, -0.25) is 9.69 Å². The van der Waals surface area contributed by atoms with Crippen LogP contribution in [0.2, 0.25) is 0 Å². The molecule has 1 unspecified atom stereocenters. The SMILES string of the molecule is CCC1CN(Cc2nccs2)CCC(=O)N1Cc1ccccc1. The Hall–Kier alpha value is -1.72. The predicted molar refractivity (Wildman–Crippen MR) is 93.1 cm³/mol. The highest BCUT2D eigenvalue weighted by Crippen LogP contribution is 2.19. The Kier molecular flexibility index (Phi) is 5.41. The quantitative estimate of drug-likeness (QED) is 0.845. The van der Waals surface area contributed by atoms with Crippen LogP contribution in [0.15, 0.2) is 41.9 Å². The molecular formula is C18H23N3OS. The van der Waals surface area contributed by atoms with E-state index in [1.807, 2.05) is 29.8 Å². The summed E-state index contributed by atoms with van der Waals surface area (Å²) in [6.45, 7) is 5.47. The first kappa shape index (κ1) is 16.1. The number of carbonyl (C=O) groups is 1. The summed E-state index contributed by atoms with van der Waals surface area (Å²) in [5.74, 6) is 0.266. The fourth-order valence-corrected chi connectivity index (χ4v) is 3.76. The van der Waals surface area contributed by atoms with E-state index in [0.717, 1.165) is 31.1 Å². The summed E-state index contributed by atoms with van der Waals surface area (Å²) in [6.07, 6.45) is 3.42. The van der Waals surface area contributed by atoms with Crippen LogP contribution in [-0.4, -0.2) is 39.8 Å². The minimum atomic E-state index is 0.266. The van der Waals surface area contributed by atoms with Crippen LogP contribution in [0.25, 0.3) is 0 Å². The Bertz CT molecular complexity index is 614. The monoisotopic (exact) mass is 329 g/mol. The van der Waals surface area contributed by atoms with E-state index in [1.54, 1.807) is 11.3 Å². The van der Waals surface area contributed by atoms with Crippen molar-refractivity contribution < 1.29 is 4.79 Å². The van der Waals surface area contributed by atoms with Crippen LogP contribution in [0.4, 0.5) is 0 Å². The molecule has 0 N–H and O–H groups in total. The Morgan fingerprint density at radius 2 is 2.09 bits per heavy atom. The van der Waals surface area contributed by atoms with Crippen LogP contribution in [0, 0.1) is 0 Å². The molecule has 0 aliphatic carbocycles. The van der Waals surface area contributed by atoms with Crippen molar-refractivity contribution in [3.63, 3.8) is 0 Å². The van der Waals surface area contributed by atoms with Crippen LogP contribution in [-0.2, 0) is 17.9 Å². The molecule has 0 saturated carbocycles. The van der Waals surface area contributed by atoms with E-state index in [4.69, 9.17) is 0 Å². The van der Waals surface area contributed by atoms with Crippen LogP contribution in [0.3, 0.4) is 0 Å². The van der Waals surface area contributed by atoms with E-state index in [0.29, 0.717) is 13.0 Å². The summed E-state index contributed by atoms with van der Waals surface area (Å²) >= 11 is 1.69. The first-order valence-corrected chi connectivity index (χ1v) is 9.08. The van der Waals surface area contributed by atoms with E-state index in [1.165, 1.54) is 5.56 Å². The molecule has 0 spiro atoms. The van der Waals surface area contributed by atoms with Gasteiger partial charge < -0.3 is 4.90 Å². The van der Waals surface area contributed by atoms with E-state index in [2.05, 4.69) is 33.8 Å². The molecule has 1 aromatic carbocycles. The molecule has 0 bridgehead atoms. The van der Waals surface area contributed by atoms with Crippen molar-refractivity contribution in [1.29, 1.82) is 0 Å². The molecule has 1 amide bonds. The van der Waals surface area contributed by atoms with Gasteiger partial charge in [0.15, 0.2) is 0 Å². The van der Waals surface area contributed by atoms with Crippen molar-refractivity contribution in [2.45, 2.75) is 38.9 Å². The third-order valence-corrected chi connectivity index (χ3v) is 5.15. The Labute approximate surface area is 141 Å². The first-order chi connectivity index (χ1) is 11.3. The minimum absolute atomic E-state index is 0.266. The molecule has 3 rings (SSSR count). The summed E-state index contributed by atoms with van der Waals surface area (Å²) in [4.78, 5) is 21.4. The number of benzene rings is 1. The van der Waals surface area contributed by atoms with Gasteiger partial charge in [-0.1, -0.05) is 37.3 Å². The molecule has 1 aliphatic rings. The van der Waals surface area contributed by atoms with Gasteiger partial charge in [0.25, 0.3) is 0 Å². The third-order valence-electron chi connectivity index (χ3n) is 4.38. The largest absolute Gasteiger partial charge is 0.334 e. The topological polar surface area (TPSA) is 36.4 Å². The maximum atomic E-state index is 12.6. The molecule has 1 aliphatic heterocycles. The summed E-state index contributed by atoms with van der Waals surface area (Å²) in [5, 5.41) is 3.14. The van der Waals surface area contributed by atoms with Crippen LogP contribution < -0.4 is 0 Å². The van der Waals surface area contributed by atoms with Gasteiger partial charge >= 0.3 is 0 Å². The Morgan fingerprint density at radius 1 is 1.26 bits per heavy atom. The smallest absolute Gasteiger partial charge is 0.224 e. The van der Waals surface area contributed by atoms with Crippen molar-refractivity contribution in [1.82, 2.24) is 14.8 Å². The molecule has 1 saturated heterocycles. The van der Waals surface area contributed by atoms with Gasteiger partial charge in [-0.25, -0.2) is 4.98 Å². The highest BCUT2D eigenvalue weighted by Gasteiger charge is 2.28. The zero-order valence-corrected chi connectivity index (χ0v) is 14.3. The van der Waals surface area contributed by atoms with Gasteiger partial charge in [0.2, 0.25) is 5.91 Å². The van der Waals surface area contributed by atoms with Gasteiger partial charge in [-0.15, -0.1) is 11.3 Å². The molecule has 1 fully saturated rings. The zero-order valence-electron chi connectivity index (χ0n) is 13.5. The lowest BCUT2D eigenvalue weighted by Crippen LogP contribution is -2.42. The second-order valence-electron chi connectivity index (χ2n) is 5.98. The average Bonchev–Trinajstić information content (AvgIpc) is 3.04. The van der Waals surface area contributed by atoms with E-state index in [-0.39, 0.29) is 11.9 Å². The number of amides is 1. The lowest BCUT2D eigenvalue weighted by molar-refractivity contribution is -0.133. The zero-order chi connectivity index (χ0) is 16.1. The lowest BCUT2D eigenvalue weighted by Gasteiger charge is -2.31. The molecule has 5 heteroatoms. The fraction of sp³-hybridized carbons (Fsp3) is 0.444. The second-order valence-corrected chi connectivity index (χ2v) is 6.96. The standard InChI is InChI=1S/C18H23N3OS/c1-2-16-13-20(14-17-19-9-11-23-17)10-8-18(22)21(16)12-15-6-4-3-5-7-15/h3-7,9,11,16H,2,8,10,12-14H2,1H3. The van der Waals surface area contributed by atoms with E-state index in [9.17, 15) is 4.79 Å². The van der Waals surface area contributed by atoms with Crippen LogP contribution >= 0.6 is 11.3 Å². The fourth-order valence-electron chi connectivity index (χ4n) is 3.10. The number of hydrogen-bond donors (Lipinski definition) is 0. The molecule has 4 nitrogen and oxygen atoms in total. The second kappa shape index (κ2) is 7.70. The number of hydrogen-bond acceptors (Lipinski definition) is 4. The normalized spacial score (nSPS) is 19.8. The highest BCUT2D eigenvalue weighted by molar-refractivity contribution is 7.09. The van der Waals surface area contributed by atoms with Gasteiger partial charge in [-0.05, 0) is 12.0 Å². The van der Waals surface area contributed by atoms with E-state index < -0.39 is 0 Å². The number of rotatable bonds is 5. The summed E-state index contributed by atoms with van der Waals surface area (Å²) in [7, 11) is 0. The number of thiazole rings is 1. The van der Waals surface area contributed by atoms with Gasteiger partial charge in [0.1, 0.15) is 5.01 Å². The van der Waals surface area contributed by atoms with Crippen molar-refractivity contribution in [2.24, 2.45) is 0 Å². The van der Waals surface area contributed by atoms with Crippen molar-refractivity contribution in [3.8, 4) is 0 Å². The molecule has 122 valence electrons. The molecule has 1 atom stereocenters. The summed E-state index contributed by atoms with van der Waals surface area (Å²) in [6, 6.07) is 10.5. The minimum Gasteiger partial charge on any atom is -0.334 e. The highest BCUT2D eigenvalue weighted by atomic mass is 32.1. The molecule has 23 heavy (non-hydrogen) atoms. The Morgan fingerprint density at radius 3 is 2.78 bits per heavy atom. The number of nitrogens with zero attached hydrogens (tertiary/aromatic N) is 3. The van der Waals surface area contributed by atoms with Gasteiger partial charge in [0, 0.05) is 43.7 Å². The molecule has 2 heterocycles. The van der Waals surface area contributed by atoms with Crippen LogP contribution in [0.1, 0.15) is 30.3 Å².